The predicted molar refractivity (Wildman–Crippen MR) is 122 cm³/mol. The second-order valence-corrected chi connectivity index (χ2v) is 12.9. The molecule has 4 aliphatic carbocycles. The Labute approximate surface area is 187 Å². The van der Waals surface area contributed by atoms with E-state index in [1.54, 1.807) is 0 Å². The number of carbonyl (C=O) groups is 2. The van der Waals surface area contributed by atoms with Crippen LogP contribution in [0.25, 0.3) is 0 Å². The zero-order valence-electron chi connectivity index (χ0n) is 18.4. The first-order valence-electron chi connectivity index (χ1n) is 11.9. The molecule has 0 N–H and O–H groups in total. The molecule has 0 heterocycles. The van der Waals surface area contributed by atoms with Crippen molar-refractivity contribution in [2.45, 2.75) is 70.5 Å². The van der Waals surface area contributed by atoms with E-state index in [0.717, 1.165) is 36.9 Å². The topological polar surface area (TPSA) is 34.1 Å². The third-order valence-corrected chi connectivity index (χ3v) is 11.6. The molecule has 1 aromatic carbocycles. The van der Waals surface area contributed by atoms with Crippen LogP contribution in [-0.2, 0) is 9.59 Å². The Morgan fingerprint density at radius 1 is 1.00 bits per heavy atom. The molecule has 3 heteroatoms. The molecular weight excluding hydrogens is 435 g/mol. The SMILES string of the molecule is C[C@]12CC[C@H]3[C@@H](CCC4=CC(=O)CC[C@@]43C)[C@@H]1CC[C@@H]2C(=O)C[Se]c1ccccc1. The van der Waals surface area contributed by atoms with Gasteiger partial charge in [0, 0.05) is 0 Å². The van der Waals surface area contributed by atoms with Crippen molar-refractivity contribution in [1.29, 1.82) is 0 Å². The van der Waals surface area contributed by atoms with Gasteiger partial charge < -0.3 is 0 Å². The molecule has 30 heavy (non-hydrogen) atoms. The molecule has 0 unspecified atom stereocenters. The maximum absolute atomic E-state index is 13.3. The van der Waals surface area contributed by atoms with Crippen molar-refractivity contribution in [3.8, 4) is 0 Å². The van der Waals surface area contributed by atoms with Gasteiger partial charge in [0.15, 0.2) is 0 Å². The van der Waals surface area contributed by atoms with Gasteiger partial charge in [-0.15, -0.1) is 0 Å². The molecular formula is C27H34O2Se. The van der Waals surface area contributed by atoms with Gasteiger partial charge in [-0.3, -0.25) is 0 Å². The van der Waals surface area contributed by atoms with E-state index in [0.29, 0.717) is 23.4 Å². The van der Waals surface area contributed by atoms with E-state index < -0.39 is 0 Å². The quantitative estimate of drug-likeness (QED) is 0.572. The normalized spacial score (nSPS) is 40.2. The van der Waals surface area contributed by atoms with Crippen molar-refractivity contribution in [3.05, 3.63) is 42.0 Å². The fourth-order valence-corrected chi connectivity index (χ4v) is 9.66. The number of Topliss-reactive ketones (excluding diaryl/α,β-unsaturated/α-hetero) is 1. The van der Waals surface area contributed by atoms with Crippen molar-refractivity contribution < 1.29 is 9.59 Å². The van der Waals surface area contributed by atoms with Crippen LogP contribution in [0, 0.1) is 34.5 Å². The molecule has 160 valence electrons. The fraction of sp³-hybridized carbons (Fsp3) is 0.630. The van der Waals surface area contributed by atoms with E-state index >= 15 is 0 Å². The Morgan fingerprint density at radius 3 is 2.60 bits per heavy atom. The summed E-state index contributed by atoms with van der Waals surface area (Å²) in [5.74, 6) is 3.31. The van der Waals surface area contributed by atoms with Crippen LogP contribution in [0.2, 0.25) is 5.32 Å². The maximum atomic E-state index is 13.3. The molecule has 3 fully saturated rings. The monoisotopic (exact) mass is 470 g/mol. The molecule has 0 spiro atoms. The van der Waals surface area contributed by atoms with Gasteiger partial charge in [-0.1, -0.05) is 0 Å². The second kappa shape index (κ2) is 7.75. The van der Waals surface area contributed by atoms with Crippen LogP contribution in [0.1, 0.15) is 65.2 Å². The fourth-order valence-electron chi connectivity index (χ4n) is 7.86. The molecule has 0 aliphatic heterocycles. The summed E-state index contributed by atoms with van der Waals surface area (Å²) in [6.45, 7) is 4.90. The average Bonchev–Trinajstić information content (AvgIpc) is 3.10. The molecule has 4 aliphatic rings. The molecule has 5 rings (SSSR count). The number of rotatable bonds is 4. The van der Waals surface area contributed by atoms with Gasteiger partial charge in [0.05, 0.1) is 0 Å². The van der Waals surface area contributed by atoms with Gasteiger partial charge >= 0.3 is 188 Å². The van der Waals surface area contributed by atoms with E-state index in [-0.39, 0.29) is 31.7 Å². The summed E-state index contributed by atoms with van der Waals surface area (Å²) >= 11 is 0.261. The average molecular weight is 470 g/mol. The van der Waals surface area contributed by atoms with Crippen molar-refractivity contribution in [1.82, 2.24) is 0 Å². The van der Waals surface area contributed by atoms with Gasteiger partial charge in [-0.05, 0) is 0 Å². The number of allylic oxidation sites excluding steroid dienone is 1. The Balaban J connectivity index is 1.32. The van der Waals surface area contributed by atoms with Gasteiger partial charge in [-0.2, -0.15) is 0 Å². The number of hydrogen-bond donors (Lipinski definition) is 0. The van der Waals surface area contributed by atoms with Crippen LogP contribution >= 0.6 is 0 Å². The van der Waals surface area contributed by atoms with Crippen LogP contribution in [0.15, 0.2) is 42.0 Å². The molecule has 1 aromatic rings. The van der Waals surface area contributed by atoms with Gasteiger partial charge in [0.2, 0.25) is 0 Å². The third-order valence-electron chi connectivity index (χ3n) is 9.47. The third kappa shape index (κ3) is 3.28. The van der Waals surface area contributed by atoms with E-state index in [9.17, 15) is 9.59 Å². The Morgan fingerprint density at radius 2 is 1.80 bits per heavy atom. The Hall–Kier alpha value is -1.18. The molecule has 3 saturated carbocycles. The number of benzene rings is 1. The van der Waals surface area contributed by atoms with Crippen molar-refractivity contribution >= 4 is 31.0 Å². The standard InChI is InChI=1S/C27H34O2Se/c1-26-14-12-19(28)16-18(26)8-9-21-22-10-11-24(27(22,2)15-13-23(21)26)25(29)17-30-20-6-4-3-5-7-20/h3-7,16,21-24H,8-15,17H2,1-2H3/t21-,22-,23-,24+,26-,27-/m0/s1. The zero-order chi connectivity index (χ0) is 20.9. The molecule has 2 nitrogen and oxygen atoms in total. The predicted octanol–water partition coefficient (Wildman–Crippen LogP) is 5.15. The summed E-state index contributed by atoms with van der Waals surface area (Å²) in [4.78, 5) is 25.4. The Bertz CT molecular complexity index is 874. The van der Waals surface area contributed by atoms with Crippen LogP contribution in [-0.4, -0.2) is 26.5 Å². The summed E-state index contributed by atoms with van der Waals surface area (Å²) in [6, 6.07) is 10.6. The van der Waals surface area contributed by atoms with Crippen molar-refractivity contribution in [2.75, 3.05) is 0 Å². The van der Waals surface area contributed by atoms with Crippen LogP contribution in [0.3, 0.4) is 0 Å². The zero-order valence-corrected chi connectivity index (χ0v) is 20.1. The van der Waals surface area contributed by atoms with Crippen LogP contribution in [0.4, 0.5) is 0 Å². The van der Waals surface area contributed by atoms with Gasteiger partial charge in [0.25, 0.3) is 0 Å². The summed E-state index contributed by atoms with van der Waals surface area (Å²) < 4.78 is 1.34. The number of carbonyl (C=O) groups excluding carboxylic acids is 2. The van der Waals surface area contributed by atoms with E-state index in [4.69, 9.17) is 0 Å². The van der Waals surface area contributed by atoms with E-state index in [2.05, 4.69) is 44.2 Å². The Kier molecular flexibility index (Phi) is 5.35. The number of ketones is 2. The van der Waals surface area contributed by atoms with Crippen LogP contribution in [0.5, 0.6) is 0 Å². The number of hydrogen-bond acceptors (Lipinski definition) is 2. The van der Waals surface area contributed by atoms with E-state index in [1.165, 1.54) is 35.7 Å². The van der Waals surface area contributed by atoms with E-state index in [1.807, 2.05) is 6.08 Å². The summed E-state index contributed by atoms with van der Waals surface area (Å²) in [7, 11) is 0. The summed E-state index contributed by atoms with van der Waals surface area (Å²) in [6.07, 6.45) is 10.9. The number of fused-ring (bicyclic) bond motifs is 5. The molecule has 6 atom stereocenters. The molecule has 0 radical (unpaired) electrons. The van der Waals surface area contributed by atoms with Gasteiger partial charge in [0.1, 0.15) is 0 Å². The van der Waals surface area contributed by atoms with Crippen molar-refractivity contribution in [3.63, 3.8) is 0 Å². The molecule has 0 amide bonds. The van der Waals surface area contributed by atoms with Gasteiger partial charge in [-0.25, -0.2) is 0 Å². The molecule has 0 aromatic heterocycles. The molecule has 0 bridgehead atoms. The summed E-state index contributed by atoms with van der Waals surface area (Å²) in [5, 5.41) is 0.755. The second-order valence-electron chi connectivity index (χ2n) is 10.7. The minimum atomic E-state index is 0.201. The molecule has 0 saturated heterocycles. The first-order chi connectivity index (χ1) is 14.4. The minimum absolute atomic E-state index is 0.201. The van der Waals surface area contributed by atoms with Crippen molar-refractivity contribution in [2.24, 2.45) is 34.5 Å². The first-order valence-corrected chi connectivity index (χ1v) is 13.9. The van der Waals surface area contributed by atoms with Crippen LogP contribution < -0.4 is 4.46 Å². The first kappa shape index (κ1) is 20.7. The summed E-state index contributed by atoms with van der Waals surface area (Å²) in [5.41, 5.74) is 1.88.